The number of aryl methyl sites for hydroxylation is 1. The minimum atomic E-state index is -0.447. The van der Waals surface area contributed by atoms with E-state index in [-0.39, 0.29) is 5.82 Å². The summed E-state index contributed by atoms with van der Waals surface area (Å²) in [5.41, 5.74) is 1.11. The first-order valence-corrected chi connectivity index (χ1v) is 9.09. The average Bonchev–Trinajstić information content (AvgIpc) is 2.86. The van der Waals surface area contributed by atoms with E-state index < -0.39 is 5.72 Å². The van der Waals surface area contributed by atoms with Crippen molar-refractivity contribution >= 4 is 28.1 Å². The van der Waals surface area contributed by atoms with Gasteiger partial charge in [0.25, 0.3) is 0 Å². The Bertz CT molecular complexity index is 635. The van der Waals surface area contributed by atoms with Gasteiger partial charge in [-0.3, -0.25) is 4.98 Å². The van der Waals surface area contributed by atoms with Crippen LogP contribution in [0.1, 0.15) is 19.0 Å². The SMILES string of the molecule is COC(C)(CCSC)Nc1sc(-c2cncc(F)c2)nc1C. The van der Waals surface area contributed by atoms with Crippen molar-refractivity contribution in [2.45, 2.75) is 26.0 Å². The number of nitrogens with zero attached hydrogens (tertiary/aromatic N) is 2. The van der Waals surface area contributed by atoms with E-state index in [1.807, 2.05) is 13.8 Å². The summed E-state index contributed by atoms with van der Waals surface area (Å²) in [6, 6.07) is 1.44. The fourth-order valence-corrected chi connectivity index (χ4v) is 3.58. The van der Waals surface area contributed by atoms with Gasteiger partial charge in [0.05, 0.1) is 11.9 Å². The number of anilines is 1. The third kappa shape index (κ3) is 4.18. The van der Waals surface area contributed by atoms with Gasteiger partial charge in [0.2, 0.25) is 0 Å². The molecule has 0 amide bonds. The smallest absolute Gasteiger partial charge is 0.142 e. The lowest BCUT2D eigenvalue weighted by atomic mass is 10.2. The molecule has 1 unspecified atom stereocenters. The number of pyridine rings is 1. The number of thioether (sulfide) groups is 1. The number of hydrogen-bond acceptors (Lipinski definition) is 6. The second-order valence-electron chi connectivity index (χ2n) is 5.13. The van der Waals surface area contributed by atoms with Crippen LogP contribution in [0.25, 0.3) is 10.6 Å². The second kappa shape index (κ2) is 7.39. The van der Waals surface area contributed by atoms with Gasteiger partial charge in [0, 0.05) is 25.3 Å². The normalized spacial score (nSPS) is 13.9. The van der Waals surface area contributed by atoms with Crippen LogP contribution >= 0.6 is 23.1 Å². The number of thiazole rings is 1. The highest BCUT2D eigenvalue weighted by Crippen LogP contribution is 2.34. The summed E-state index contributed by atoms with van der Waals surface area (Å²) in [7, 11) is 1.70. The second-order valence-corrected chi connectivity index (χ2v) is 7.11. The Kier molecular flexibility index (Phi) is 5.77. The maximum absolute atomic E-state index is 13.3. The van der Waals surface area contributed by atoms with Crippen LogP contribution in [0, 0.1) is 12.7 Å². The minimum absolute atomic E-state index is 0.360. The Morgan fingerprint density at radius 1 is 1.45 bits per heavy atom. The van der Waals surface area contributed by atoms with Crippen molar-refractivity contribution in [2.24, 2.45) is 0 Å². The van der Waals surface area contributed by atoms with Gasteiger partial charge in [-0.15, -0.1) is 0 Å². The number of hydrogen-bond donors (Lipinski definition) is 1. The molecule has 22 heavy (non-hydrogen) atoms. The lowest BCUT2D eigenvalue weighted by Crippen LogP contribution is -2.37. The number of aromatic nitrogens is 2. The molecule has 0 bridgehead atoms. The molecule has 0 saturated heterocycles. The minimum Gasteiger partial charge on any atom is -0.359 e. The first kappa shape index (κ1) is 17.2. The molecule has 4 nitrogen and oxygen atoms in total. The van der Waals surface area contributed by atoms with Crippen LogP contribution < -0.4 is 5.32 Å². The Balaban J connectivity index is 2.22. The highest BCUT2D eigenvalue weighted by molar-refractivity contribution is 7.98. The molecule has 0 spiro atoms. The number of nitrogens with one attached hydrogen (secondary N) is 1. The third-order valence-corrected chi connectivity index (χ3v) is 5.09. The van der Waals surface area contributed by atoms with Crippen LogP contribution in [-0.2, 0) is 4.74 Å². The van der Waals surface area contributed by atoms with Crippen LogP contribution in [0.15, 0.2) is 18.5 Å². The predicted octanol–water partition coefficient (Wildman–Crippen LogP) is 4.18. The van der Waals surface area contributed by atoms with Crippen molar-refractivity contribution in [3.8, 4) is 10.6 Å². The predicted molar refractivity (Wildman–Crippen MR) is 92.1 cm³/mol. The topological polar surface area (TPSA) is 47.0 Å². The Hall–Kier alpha value is -1.18. The molecule has 0 aliphatic heterocycles. The van der Waals surface area contributed by atoms with Gasteiger partial charge in [0.1, 0.15) is 21.6 Å². The summed E-state index contributed by atoms with van der Waals surface area (Å²) >= 11 is 3.26. The molecule has 0 aliphatic rings. The Morgan fingerprint density at radius 2 is 2.23 bits per heavy atom. The van der Waals surface area contributed by atoms with Crippen LogP contribution in [-0.4, -0.2) is 34.8 Å². The van der Waals surface area contributed by atoms with E-state index in [2.05, 4.69) is 21.5 Å². The van der Waals surface area contributed by atoms with Crippen LogP contribution in [0.4, 0.5) is 9.39 Å². The number of methoxy groups -OCH3 is 1. The van der Waals surface area contributed by atoms with Gasteiger partial charge in [-0.1, -0.05) is 11.3 Å². The summed E-state index contributed by atoms with van der Waals surface area (Å²) in [5, 5.41) is 5.10. The lowest BCUT2D eigenvalue weighted by molar-refractivity contribution is 0.0292. The summed E-state index contributed by atoms with van der Waals surface area (Å²) in [5.74, 6) is 0.636. The van der Waals surface area contributed by atoms with Crippen molar-refractivity contribution in [1.29, 1.82) is 0 Å². The first-order valence-electron chi connectivity index (χ1n) is 6.88. The average molecular weight is 341 g/mol. The summed E-state index contributed by atoms with van der Waals surface area (Å²) < 4.78 is 18.9. The van der Waals surface area contributed by atoms with Crippen LogP contribution in [0.5, 0.6) is 0 Å². The summed E-state index contributed by atoms with van der Waals surface area (Å²) in [6.45, 7) is 3.95. The Labute approximate surface area is 138 Å². The molecular weight excluding hydrogens is 321 g/mol. The monoisotopic (exact) mass is 341 g/mol. The Morgan fingerprint density at radius 3 is 2.86 bits per heavy atom. The van der Waals surface area contributed by atoms with E-state index >= 15 is 0 Å². The first-order chi connectivity index (χ1) is 10.5. The van der Waals surface area contributed by atoms with Crippen LogP contribution in [0.3, 0.4) is 0 Å². The van der Waals surface area contributed by atoms with Crippen molar-refractivity contribution in [1.82, 2.24) is 9.97 Å². The molecule has 2 heterocycles. The largest absolute Gasteiger partial charge is 0.359 e. The number of halogens is 1. The third-order valence-electron chi connectivity index (χ3n) is 3.36. The standard InChI is InChI=1S/C15H20FN3OS2/c1-10-13(19-15(2,20-3)5-6-21-4)22-14(18-10)11-7-12(16)9-17-8-11/h7-9,19H,5-6H2,1-4H3. The fraction of sp³-hybridized carbons (Fsp3) is 0.467. The molecule has 0 aromatic carbocycles. The van der Waals surface area contributed by atoms with Gasteiger partial charge in [-0.25, -0.2) is 9.37 Å². The molecule has 1 N–H and O–H groups in total. The molecule has 0 aliphatic carbocycles. The maximum Gasteiger partial charge on any atom is 0.142 e. The van der Waals surface area contributed by atoms with E-state index in [1.165, 1.54) is 23.6 Å². The van der Waals surface area contributed by atoms with E-state index in [0.29, 0.717) is 5.56 Å². The zero-order chi connectivity index (χ0) is 16.2. The quantitative estimate of drug-likeness (QED) is 0.766. The zero-order valence-electron chi connectivity index (χ0n) is 13.1. The summed E-state index contributed by atoms with van der Waals surface area (Å²) in [6.07, 6.45) is 5.75. The molecule has 2 aromatic heterocycles. The zero-order valence-corrected chi connectivity index (χ0v) is 14.8. The van der Waals surface area contributed by atoms with E-state index in [9.17, 15) is 4.39 Å². The van der Waals surface area contributed by atoms with Crippen molar-refractivity contribution < 1.29 is 9.13 Å². The fourth-order valence-electron chi connectivity index (χ4n) is 1.92. The molecule has 0 fully saturated rings. The van der Waals surface area contributed by atoms with Gasteiger partial charge >= 0.3 is 0 Å². The van der Waals surface area contributed by atoms with Gasteiger partial charge in [0.15, 0.2) is 0 Å². The number of rotatable bonds is 7. The summed E-state index contributed by atoms with van der Waals surface area (Å²) in [4.78, 5) is 8.38. The van der Waals surface area contributed by atoms with E-state index in [0.717, 1.165) is 27.9 Å². The highest BCUT2D eigenvalue weighted by Gasteiger charge is 2.25. The van der Waals surface area contributed by atoms with Gasteiger partial charge in [-0.2, -0.15) is 11.8 Å². The van der Waals surface area contributed by atoms with Crippen molar-refractivity contribution in [3.05, 3.63) is 30.0 Å². The van der Waals surface area contributed by atoms with Crippen molar-refractivity contribution in [2.75, 3.05) is 24.4 Å². The number of ether oxygens (including phenoxy) is 1. The van der Waals surface area contributed by atoms with Gasteiger partial charge < -0.3 is 10.1 Å². The highest BCUT2D eigenvalue weighted by atomic mass is 32.2. The molecule has 2 aromatic rings. The molecule has 0 radical (unpaired) electrons. The molecule has 1 atom stereocenters. The van der Waals surface area contributed by atoms with Crippen molar-refractivity contribution in [3.63, 3.8) is 0 Å². The van der Waals surface area contributed by atoms with E-state index in [1.54, 1.807) is 25.1 Å². The van der Waals surface area contributed by atoms with Gasteiger partial charge in [-0.05, 0) is 31.9 Å². The van der Waals surface area contributed by atoms with E-state index in [4.69, 9.17) is 4.74 Å². The molecule has 2 rings (SSSR count). The molecular formula is C15H20FN3OS2. The molecule has 0 saturated carbocycles. The lowest BCUT2D eigenvalue weighted by Gasteiger charge is -2.29. The molecule has 120 valence electrons. The maximum atomic E-state index is 13.3. The van der Waals surface area contributed by atoms with Crippen LogP contribution in [0.2, 0.25) is 0 Å². The molecule has 7 heteroatoms.